The van der Waals surface area contributed by atoms with Crippen molar-refractivity contribution >= 4 is 29.1 Å². The number of hydrogen-bond donors (Lipinski definition) is 3. The summed E-state index contributed by atoms with van der Waals surface area (Å²) in [6.07, 6.45) is -11.5. The number of nitrogens with zero attached hydrogens (tertiary/aromatic N) is 1. The first-order chi connectivity index (χ1) is 23.1. The van der Waals surface area contributed by atoms with Crippen molar-refractivity contribution in [2.45, 2.75) is 18.8 Å². The van der Waals surface area contributed by atoms with E-state index in [0.29, 0.717) is 0 Å². The summed E-state index contributed by atoms with van der Waals surface area (Å²) in [5.41, 5.74) is 5.65. The van der Waals surface area contributed by atoms with E-state index in [9.17, 15) is 40.7 Å². The van der Waals surface area contributed by atoms with Crippen LogP contribution < -0.4 is 35.3 Å². The van der Waals surface area contributed by atoms with Gasteiger partial charge in [0.2, 0.25) is 12.0 Å². The fraction of sp³-hybridized carbons (Fsp3) is 0.125. The summed E-state index contributed by atoms with van der Waals surface area (Å²) < 4.78 is 93.9. The molecule has 0 fully saturated rings. The van der Waals surface area contributed by atoms with Gasteiger partial charge in [-0.05, 0) is 91.0 Å². The Labute approximate surface area is 272 Å². The van der Waals surface area contributed by atoms with Crippen LogP contribution in [0.3, 0.4) is 0 Å². The Kier molecular flexibility index (Phi) is 10.8. The van der Waals surface area contributed by atoms with Gasteiger partial charge >= 0.3 is 12.7 Å². The molecule has 0 radical (unpaired) electrons. The molecule has 3 amide bonds. The van der Waals surface area contributed by atoms with E-state index in [1.807, 2.05) is 6.07 Å². The van der Waals surface area contributed by atoms with Crippen LogP contribution in [0.2, 0.25) is 0 Å². The third kappa shape index (κ3) is 10.8. The molecule has 11 nitrogen and oxygen atoms in total. The lowest BCUT2D eigenvalue weighted by Gasteiger charge is -2.22. The van der Waals surface area contributed by atoms with Crippen LogP contribution in [0.5, 0.6) is 23.0 Å². The minimum absolute atomic E-state index is 0.0238. The molecule has 0 spiro atoms. The van der Waals surface area contributed by atoms with Crippen molar-refractivity contribution < 1.29 is 59.7 Å². The summed E-state index contributed by atoms with van der Waals surface area (Å²) in [6.45, 7) is -0.629. The molecule has 1 atom stereocenters. The topological polar surface area (TPSA) is 162 Å². The summed E-state index contributed by atoms with van der Waals surface area (Å²) in [5, 5.41) is 14.0. The first-order valence-corrected chi connectivity index (χ1v) is 13.6. The fourth-order valence-corrected chi connectivity index (χ4v) is 4.11. The maximum atomic E-state index is 13.6. The summed E-state index contributed by atoms with van der Waals surface area (Å²) in [6, 6.07) is 19.6. The average Bonchev–Trinajstić information content (AvgIpc) is 3.03. The highest BCUT2D eigenvalue weighted by Gasteiger charge is 2.32. The lowest BCUT2D eigenvalue weighted by Crippen LogP contribution is -2.28. The van der Waals surface area contributed by atoms with E-state index in [0.717, 1.165) is 36.4 Å². The van der Waals surface area contributed by atoms with Crippen LogP contribution in [0.25, 0.3) is 0 Å². The summed E-state index contributed by atoms with van der Waals surface area (Å²) >= 11 is 0. The molecule has 1 unspecified atom stereocenters. The Morgan fingerprint density at radius 3 is 1.69 bits per heavy atom. The standard InChI is InChI=1S/C32H22F6N4O7/c33-31(34,35)48-22-9-3-19(4-10-22)41-27(43)17-46-24-13-14-25(29(40)44)26(15-24)28(47-21-7-1-18(16-39)2-8-21)30(45)42-20-5-11-23(12-6-20)49-32(36,37)38/h1-15,28H,17H2,(H2,40,44)(H,41,43)(H,42,45). The Morgan fingerprint density at radius 2 is 1.20 bits per heavy atom. The van der Waals surface area contributed by atoms with Crippen molar-refractivity contribution in [1.29, 1.82) is 5.26 Å². The molecule has 17 heteroatoms. The molecular weight excluding hydrogens is 666 g/mol. The van der Waals surface area contributed by atoms with Crippen molar-refractivity contribution in [3.8, 4) is 29.1 Å². The number of carbonyl (C=O) groups excluding carboxylic acids is 3. The van der Waals surface area contributed by atoms with Gasteiger partial charge < -0.3 is 35.3 Å². The first-order valence-electron chi connectivity index (χ1n) is 13.6. The number of benzene rings is 4. The van der Waals surface area contributed by atoms with Crippen LogP contribution in [0.4, 0.5) is 37.7 Å². The third-order valence-corrected chi connectivity index (χ3v) is 6.14. The monoisotopic (exact) mass is 688 g/mol. The van der Waals surface area contributed by atoms with Gasteiger partial charge in [-0.15, -0.1) is 26.3 Å². The number of rotatable bonds is 12. The first kappa shape index (κ1) is 35.4. The van der Waals surface area contributed by atoms with Gasteiger partial charge in [-0.3, -0.25) is 14.4 Å². The van der Waals surface area contributed by atoms with Crippen LogP contribution >= 0.6 is 0 Å². The lowest BCUT2D eigenvalue weighted by atomic mass is 10.00. The van der Waals surface area contributed by atoms with Crippen molar-refractivity contribution in [2.24, 2.45) is 5.73 Å². The number of carbonyl (C=O) groups is 3. The van der Waals surface area contributed by atoms with Crippen LogP contribution in [-0.4, -0.2) is 37.1 Å². The minimum atomic E-state index is -4.94. The predicted octanol–water partition coefficient (Wildman–Crippen LogP) is 6.23. The second kappa shape index (κ2) is 15.0. The molecule has 0 saturated heterocycles. The van der Waals surface area contributed by atoms with Gasteiger partial charge in [0, 0.05) is 22.5 Å². The van der Waals surface area contributed by atoms with Gasteiger partial charge in [-0.1, -0.05) is 0 Å². The summed E-state index contributed by atoms with van der Waals surface area (Å²) in [7, 11) is 0. The number of anilines is 2. The van der Waals surface area contributed by atoms with Crippen LogP contribution in [0.1, 0.15) is 27.6 Å². The van der Waals surface area contributed by atoms with E-state index in [-0.39, 0.29) is 39.6 Å². The molecule has 0 aliphatic carbocycles. The largest absolute Gasteiger partial charge is 0.573 e. The highest BCUT2D eigenvalue weighted by molar-refractivity contribution is 6.00. The molecule has 4 aromatic rings. The maximum Gasteiger partial charge on any atom is 0.573 e. The van der Waals surface area contributed by atoms with Crippen molar-refractivity contribution in [3.63, 3.8) is 0 Å². The molecule has 0 aliphatic heterocycles. The molecule has 0 saturated carbocycles. The SMILES string of the molecule is N#Cc1ccc(OC(C(=O)Nc2ccc(OC(F)(F)F)cc2)c2cc(OCC(=O)Nc3ccc(OC(F)(F)F)cc3)ccc2C(N)=O)cc1. The van der Waals surface area contributed by atoms with Gasteiger partial charge in [-0.2, -0.15) is 5.26 Å². The molecule has 0 heterocycles. The van der Waals surface area contributed by atoms with Gasteiger partial charge in [0.25, 0.3) is 11.8 Å². The second-order valence-corrected chi connectivity index (χ2v) is 9.72. The van der Waals surface area contributed by atoms with E-state index < -0.39 is 54.7 Å². The van der Waals surface area contributed by atoms with E-state index in [1.54, 1.807) is 0 Å². The molecule has 0 bridgehead atoms. The Morgan fingerprint density at radius 1 is 0.714 bits per heavy atom. The quantitative estimate of drug-likeness (QED) is 0.148. The van der Waals surface area contributed by atoms with Crippen molar-refractivity contribution in [1.82, 2.24) is 0 Å². The zero-order chi connectivity index (χ0) is 35.8. The van der Waals surface area contributed by atoms with E-state index in [4.69, 9.17) is 20.5 Å². The summed E-state index contributed by atoms with van der Waals surface area (Å²) in [4.78, 5) is 38.5. The average molecular weight is 689 g/mol. The maximum absolute atomic E-state index is 13.6. The van der Waals surface area contributed by atoms with Gasteiger partial charge in [0.15, 0.2) is 6.61 Å². The van der Waals surface area contributed by atoms with Crippen molar-refractivity contribution in [2.75, 3.05) is 17.2 Å². The molecule has 254 valence electrons. The lowest BCUT2D eigenvalue weighted by molar-refractivity contribution is -0.275. The normalized spacial score (nSPS) is 11.8. The smallest absolute Gasteiger partial charge is 0.484 e. The third-order valence-electron chi connectivity index (χ3n) is 6.14. The Balaban J connectivity index is 1.56. The van der Waals surface area contributed by atoms with Crippen LogP contribution in [-0.2, 0) is 9.59 Å². The van der Waals surface area contributed by atoms with Gasteiger partial charge in [0.1, 0.15) is 23.0 Å². The highest BCUT2D eigenvalue weighted by atomic mass is 19.4. The molecule has 0 aromatic heterocycles. The molecule has 0 aliphatic rings. The number of nitrogens with two attached hydrogens (primary N) is 1. The van der Waals surface area contributed by atoms with E-state index in [2.05, 4.69) is 20.1 Å². The Bertz CT molecular complexity index is 1840. The zero-order valence-corrected chi connectivity index (χ0v) is 24.6. The number of nitriles is 1. The van der Waals surface area contributed by atoms with E-state index in [1.165, 1.54) is 54.6 Å². The number of hydrogen-bond acceptors (Lipinski definition) is 8. The van der Waals surface area contributed by atoms with E-state index >= 15 is 0 Å². The number of nitrogens with one attached hydrogen (secondary N) is 2. The second-order valence-electron chi connectivity index (χ2n) is 9.72. The zero-order valence-electron chi connectivity index (χ0n) is 24.6. The predicted molar refractivity (Wildman–Crippen MR) is 158 cm³/mol. The Hall–Kier alpha value is -6.44. The van der Waals surface area contributed by atoms with Crippen LogP contribution in [0.15, 0.2) is 91.0 Å². The van der Waals surface area contributed by atoms with Crippen molar-refractivity contribution in [3.05, 3.63) is 108 Å². The molecular formula is C32H22F6N4O7. The van der Waals surface area contributed by atoms with Gasteiger partial charge in [-0.25, -0.2) is 0 Å². The van der Waals surface area contributed by atoms with Crippen LogP contribution in [0, 0.1) is 11.3 Å². The van der Waals surface area contributed by atoms with Gasteiger partial charge in [0.05, 0.1) is 11.6 Å². The number of alkyl halides is 6. The number of amides is 3. The fourth-order valence-electron chi connectivity index (χ4n) is 4.11. The molecule has 49 heavy (non-hydrogen) atoms. The minimum Gasteiger partial charge on any atom is -0.484 e. The molecule has 4 rings (SSSR count). The summed E-state index contributed by atoms with van der Waals surface area (Å²) in [5.74, 6) is -3.64. The highest BCUT2D eigenvalue weighted by Crippen LogP contribution is 2.31. The molecule has 4 N–H and O–H groups in total. The number of ether oxygens (including phenoxy) is 4. The molecule has 4 aromatic carbocycles. The number of halogens is 6. The number of primary amides is 1.